The molecule has 0 saturated carbocycles. The Bertz CT molecular complexity index is 735. The highest BCUT2D eigenvalue weighted by atomic mass is 19.1. The summed E-state index contributed by atoms with van der Waals surface area (Å²) < 4.78 is 39.5. The number of anilines is 1. The fourth-order valence-corrected chi connectivity index (χ4v) is 1.84. The van der Waals surface area contributed by atoms with E-state index in [1.807, 2.05) is 0 Å². The largest absolute Gasteiger partial charge is 0.347 e. The van der Waals surface area contributed by atoms with Crippen molar-refractivity contribution in [2.75, 3.05) is 11.9 Å². The molecular weight excluding hydrogens is 309 g/mol. The third kappa shape index (κ3) is 4.84. The number of carbonyl (C=O) groups excluding carboxylic acids is 2. The topological polar surface area (TPSA) is 58.2 Å². The van der Waals surface area contributed by atoms with E-state index in [1.165, 1.54) is 18.2 Å². The van der Waals surface area contributed by atoms with E-state index in [0.29, 0.717) is 6.07 Å². The Balaban J connectivity index is 1.84. The summed E-state index contributed by atoms with van der Waals surface area (Å²) in [4.78, 5) is 23.3. The number of carbonyl (C=O) groups is 2. The smallest absolute Gasteiger partial charge is 0.243 e. The second-order valence-corrected chi connectivity index (χ2v) is 4.72. The first-order chi connectivity index (χ1) is 11.0. The molecule has 0 spiro atoms. The van der Waals surface area contributed by atoms with E-state index in [4.69, 9.17) is 0 Å². The molecule has 2 aromatic carbocycles. The van der Waals surface area contributed by atoms with Crippen LogP contribution in [0.3, 0.4) is 0 Å². The molecule has 0 aliphatic heterocycles. The predicted octanol–water partition coefficient (Wildman–Crippen LogP) is 2.40. The lowest BCUT2D eigenvalue weighted by molar-refractivity contribution is -0.123. The number of nitrogens with one attached hydrogen (secondary N) is 2. The summed E-state index contributed by atoms with van der Waals surface area (Å²) in [6.45, 7) is -0.413. The zero-order valence-corrected chi connectivity index (χ0v) is 11.9. The fraction of sp³-hybridized carbons (Fsp3) is 0.125. The van der Waals surface area contributed by atoms with E-state index in [2.05, 4.69) is 10.6 Å². The number of benzene rings is 2. The third-order valence-electron chi connectivity index (χ3n) is 2.96. The Morgan fingerprint density at radius 3 is 2.35 bits per heavy atom. The van der Waals surface area contributed by atoms with Gasteiger partial charge in [0.15, 0.2) is 0 Å². The highest BCUT2D eigenvalue weighted by Gasteiger charge is 2.11. The van der Waals surface area contributed by atoms with Gasteiger partial charge in [-0.2, -0.15) is 0 Å². The van der Waals surface area contributed by atoms with Crippen LogP contribution in [0.1, 0.15) is 5.56 Å². The second kappa shape index (κ2) is 7.44. The zero-order chi connectivity index (χ0) is 16.8. The average molecular weight is 322 g/mol. The second-order valence-electron chi connectivity index (χ2n) is 4.72. The molecule has 2 amide bonds. The van der Waals surface area contributed by atoms with Gasteiger partial charge in [0, 0.05) is 6.07 Å². The molecule has 2 rings (SSSR count). The third-order valence-corrected chi connectivity index (χ3v) is 2.96. The van der Waals surface area contributed by atoms with Gasteiger partial charge in [0.25, 0.3) is 0 Å². The van der Waals surface area contributed by atoms with Crippen molar-refractivity contribution in [2.24, 2.45) is 0 Å². The lowest BCUT2D eigenvalue weighted by Crippen LogP contribution is -2.34. The normalized spacial score (nSPS) is 10.2. The Hall–Kier alpha value is -2.83. The number of rotatable bonds is 5. The van der Waals surface area contributed by atoms with Crippen molar-refractivity contribution in [3.05, 3.63) is 65.5 Å². The summed E-state index contributed by atoms with van der Waals surface area (Å²) in [6.07, 6.45) is -0.217. The highest BCUT2D eigenvalue weighted by Crippen LogP contribution is 2.14. The van der Waals surface area contributed by atoms with Crippen molar-refractivity contribution in [1.82, 2.24) is 5.32 Å². The summed E-state index contributed by atoms with van der Waals surface area (Å²) in [6, 6.07) is 8.48. The molecule has 2 aromatic rings. The molecular formula is C16H13F3N2O2. The maximum absolute atomic E-state index is 13.4. The Kier molecular flexibility index (Phi) is 5.35. The Labute approximate surface area is 130 Å². The number of hydrogen-bond donors (Lipinski definition) is 2. The van der Waals surface area contributed by atoms with Gasteiger partial charge in [0.05, 0.1) is 18.7 Å². The minimum atomic E-state index is -0.920. The summed E-state index contributed by atoms with van der Waals surface area (Å²) in [7, 11) is 0. The monoisotopic (exact) mass is 322 g/mol. The standard InChI is InChI=1S/C16H13F3N2O2/c17-11-5-6-14(13(19)8-11)21-16(23)9-20-15(22)7-10-3-1-2-4-12(10)18/h1-6,8H,7,9H2,(H,20,22)(H,21,23). The number of amides is 2. The molecule has 0 saturated heterocycles. The molecule has 0 aliphatic carbocycles. The molecule has 0 unspecified atom stereocenters. The fourth-order valence-electron chi connectivity index (χ4n) is 1.84. The van der Waals surface area contributed by atoms with E-state index in [0.717, 1.165) is 12.1 Å². The van der Waals surface area contributed by atoms with Crippen LogP contribution in [-0.4, -0.2) is 18.4 Å². The van der Waals surface area contributed by atoms with Gasteiger partial charge >= 0.3 is 0 Å². The van der Waals surface area contributed by atoms with Gasteiger partial charge in [-0.25, -0.2) is 13.2 Å². The molecule has 4 nitrogen and oxygen atoms in total. The van der Waals surface area contributed by atoms with Crippen molar-refractivity contribution in [3.63, 3.8) is 0 Å². The SMILES string of the molecule is O=C(Cc1ccccc1F)NCC(=O)Nc1ccc(F)cc1F. The first-order valence-corrected chi connectivity index (χ1v) is 6.70. The van der Waals surface area contributed by atoms with E-state index >= 15 is 0 Å². The van der Waals surface area contributed by atoms with Crippen LogP contribution in [0, 0.1) is 17.5 Å². The number of hydrogen-bond acceptors (Lipinski definition) is 2. The molecule has 0 radical (unpaired) electrons. The summed E-state index contributed by atoms with van der Waals surface area (Å²) in [5.74, 6) is -3.43. The van der Waals surface area contributed by atoms with Crippen molar-refractivity contribution in [3.8, 4) is 0 Å². The predicted molar refractivity (Wildman–Crippen MR) is 78.1 cm³/mol. The highest BCUT2D eigenvalue weighted by molar-refractivity contribution is 5.94. The van der Waals surface area contributed by atoms with E-state index < -0.39 is 35.8 Å². The zero-order valence-electron chi connectivity index (χ0n) is 11.9. The van der Waals surface area contributed by atoms with Crippen molar-refractivity contribution < 1.29 is 22.8 Å². The molecule has 23 heavy (non-hydrogen) atoms. The summed E-state index contributed by atoms with van der Waals surface area (Å²) in [5, 5.41) is 4.49. The minimum Gasteiger partial charge on any atom is -0.347 e. The molecule has 0 heterocycles. The molecule has 0 fully saturated rings. The number of halogens is 3. The van der Waals surface area contributed by atoms with Crippen LogP contribution < -0.4 is 10.6 Å². The van der Waals surface area contributed by atoms with Crippen LogP contribution in [0.25, 0.3) is 0 Å². The van der Waals surface area contributed by atoms with E-state index in [1.54, 1.807) is 6.07 Å². The van der Waals surface area contributed by atoms with Crippen LogP contribution in [0.15, 0.2) is 42.5 Å². The lowest BCUT2D eigenvalue weighted by Gasteiger charge is -2.08. The van der Waals surface area contributed by atoms with E-state index in [-0.39, 0.29) is 17.7 Å². The quantitative estimate of drug-likeness (QED) is 0.888. The van der Waals surface area contributed by atoms with Crippen molar-refractivity contribution in [1.29, 1.82) is 0 Å². The van der Waals surface area contributed by atoms with Crippen LogP contribution in [-0.2, 0) is 16.0 Å². The van der Waals surface area contributed by atoms with Gasteiger partial charge in [0.2, 0.25) is 11.8 Å². The average Bonchev–Trinajstić information content (AvgIpc) is 2.50. The first-order valence-electron chi connectivity index (χ1n) is 6.70. The van der Waals surface area contributed by atoms with E-state index in [9.17, 15) is 22.8 Å². The van der Waals surface area contributed by atoms with Gasteiger partial charge in [-0.3, -0.25) is 9.59 Å². The molecule has 0 aromatic heterocycles. The van der Waals surface area contributed by atoms with Crippen LogP contribution in [0.4, 0.5) is 18.9 Å². The summed E-state index contributed by atoms with van der Waals surface area (Å²) >= 11 is 0. The molecule has 7 heteroatoms. The lowest BCUT2D eigenvalue weighted by atomic mass is 10.1. The van der Waals surface area contributed by atoms with Crippen LogP contribution in [0.5, 0.6) is 0 Å². The first kappa shape index (κ1) is 16.5. The maximum atomic E-state index is 13.4. The van der Waals surface area contributed by atoms with Crippen molar-refractivity contribution in [2.45, 2.75) is 6.42 Å². The van der Waals surface area contributed by atoms with Gasteiger partial charge < -0.3 is 10.6 Å². The molecule has 2 N–H and O–H groups in total. The summed E-state index contributed by atoms with van der Waals surface area (Å²) in [5.41, 5.74) is 0.00902. The van der Waals surface area contributed by atoms with Crippen LogP contribution in [0.2, 0.25) is 0 Å². The van der Waals surface area contributed by atoms with Crippen molar-refractivity contribution >= 4 is 17.5 Å². The molecule has 0 aliphatic rings. The molecule has 120 valence electrons. The Morgan fingerprint density at radius 1 is 0.913 bits per heavy atom. The van der Waals surface area contributed by atoms with Gasteiger partial charge in [-0.1, -0.05) is 18.2 Å². The molecule has 0 atom stereocenters. The van der Waals surface area contributed by atoms with Gasteiger partial charge in [-0.15, -0.1) is 0 Å². The Morgan fingerprint density at radius 2 is 1.65 bits per heavy atom. The molecule has 0 bridgehead atoms. The minimum absolute atomic E-state index is 0.195. The van der Waals surface area contributed by atoms with Crippen LogP contribution >= 0.6 is 0 Å². The maximum Gasteiger partial charge on any atom is 0.243 e. The van der Waals surface area contributed by atoms with Gasteiger partial charge in [-0.05, 0) is 23.8 Å². The van der Waals surface area contributed by atoms with Gasteiger partial charge in [0.1, 0.15) is 17.5 Å².